The third-order valence-electron chi connectivity index (χ3n) is 8.65. The molecule has 0 saturated carbocycles. The third kappa shape index (κ3) is 8.17. The van der Waals surface area contributed by atoms with Crippen molar-refractivity contribution in [3.05, 3.63) is 70.8 Å². The SMILES string of the molecule is CC(=O)OC(C)C(=O)NCc1ccc(C2OC(CN3CCCC3CN3CCCC3)CC(c3ccc(CO)cc3)O2)cc1. The first-order valence-corrected chi connectivity index (χ1v) is 15.4. The van der Waals surface area contributed by atoms with Crippen molar-refractivity contribution in [2.45, 2.75) is 89.7 Å². The van der Waals surface area contributed by atoms with Crippen LogP contribution in [0.25, 0.3) is 0 Å². The summed E-state index contributed by atoms with van der Waals surface area (Å²) in [6.07, 6.45) is 4.42. The molecule has 2 N–H and O–H groups in total. The van der Waals surface area contributed by atoms with Gasteiger partial charge in [-0.25, -0.2) is 0 Å². The van der Waals surface area contributed by atoms with Crippen molar-refractivity contribution in [3.63, 3.8) is 0 Å². The van der Waals surface area contributed by atoms with E-state index in [1.807, 2.05) is 48.5 Å². The van der Waals surface area contributed by atoms with Gasteiger partial charge in [0.1, 0.15) is 0 Å². The van der Waals surface area contributed by atoms with Crippen LogP contribution in [0.2, 0.25) is 0 Å². The summed E-state index contributed by atoms with van der Waals surface area (Å²) in [6.45, 7) is 8.76. The lowest BCUT2D eigenvalue weighted by Gasteiger charge is -2.39. The number of benzene rings is 2. The number of ether oxygens (including phenoxy) is 3. The standard InChI is InChI=1S/C33H45N3O6/c1-23(40-24(2)38)32(39)34-19-25-7-13-28(14-8-25)33-41-30(18-31(42-33)27-11-9-26(22-37)10-12-27)21-36-17-5-6-29(36)20-35-15-3-4-16-35/h7-14,23,29-31,33,37H,3-6,15-22H2,1-2H3,(H,34,39). The van der Waals surface area contributed by atoms with Gasteiger partial charge in [-0.1, -0.05) is 48.5 Å². The second kappa shape index (κ2) is 14.6. The number of rotatable bonds is 11. The molecule has 3 saturated heterocycles. The topological polar surface area (TPSA) is 101 Å². The van der Waals surface area contributed by atoms with Crippen LogP contribution >= 0.6 is 0 Å². The maximum absolute atomic E-state index is 12.2. The minimum atomic E-state index is -0.836. The molecule has 3 aliphatic rings. The highest BCUT2D eigenvalue weighted by atomic mass is 16.7. The summed E-state index contributed by atoms with van der Waals surface area (Å²) in [5.74, 6) is -0.821. The molecule has 42 heavy (non-hydrogen) atoms. The quantitative estimate of drug-likeness (QED) is 0.388. The largest absolute Gasteiger partial charge is 0.453 e. The first-order chi connectivity index (χ1) is 20.4. The zero-order chi connectivity index (χ0) is 29.5. The molecular formula is C33H45N3O6. The maximum atomic E-state index is 12.2. The molecule has 0 radical (unpaired) electrons. The van der Waals surface area contributed by atoms with E-state index in [0.29, 0.717) is 12.6 Å². The van der Waals surface area contributed by atoms with E-state index in [-0.39, 0.29) is 24.7 Å². The number of nitrogens with zero attached hydrogens (tertiary/aromatic N) is 2. The van der Waals surface area contributed by atoms with Crippen molar-refractivity contribution in [2.24, 2.45) is 0 Å². The number of nitrogens with one attached hydrogen (secondary N) is 1. The van der Waals surface area contributed by atoms with E-state index in [0.717, 1.165) is 48.3 Å². The van der Waals surface area contributed by atoms with Crippen molar-refractivity contribution in [3.8, 4) is 0 Å². The molecule has 9 heteroatoms. The Hall–Kier alpha value is -2.82. The lowest BCUT2D eigenvalue weighted by molar-refractivity contribution is -0.253. The van der Waals surface area contributed by atoms with Gasteiger partial charge in [0.25, 0.3) is 5.91 Å². The number of carbonyl (C=O) groups is 2. The molecule has 0 aliphatic carbocycles. The van der Waals surface area contributed by atoms with Crippen LogP contribution in [0.1, 0.15) is 80.6 Å². The summed E-state index contributed by atoms with van der Waals surface area (Å²) in [7, 11) is 0. The fourth-order valence-corrected chi connectivity index (χ4v) is 6.33. The van der Waals surface area contributed by atoms with Gasteiger partial charge in [0.05, 0.1) is 18.8 Å². The van der Waals surface area contributed by atoms with Crippen molar-refractivity contribution in [1.29, 1.82) is 0 Å². The molecule has 0 bridgehead atoms. The predicted molar refractivity (Wildman–Crippen MR) is 158 cm³/mol. The van der Waals surface area contributed by atoms with Crippen molar-refractivity contribution in [1.82, 2.24) is 15.1 Å². The third-order valence-corrected chi connectivity index (χ3v) is 8.65. The first-order valence-electron chi connectivity index (χ1n) is 15.4. The monoisotopic (exact) mass is 579 g/mol. The molecule has 5 atom stereocenters. The van der Waals surface area contributed by atoms with Crippen LogP contribution in [-0.2, 0) is 37.0 Å². The second-order valence-corrected chi connectivity index (χ2v) is 11.9. The zero-order valence-corrected chi connectivity index (χ0v) is 24.9. The molecule has 2 aromatic carbocycles. The number of hydrogen-bond donors (Lipinski definition) is 2. The number of hydrogen-bond acceptors (Lipinski definition) is 8. The second-order valence-electron chi connectivity index (χ2n) is 11.9. The first kappa shape index (κ1) is 30.6. The van der Waals surface area contributed by atoms with Gasteiger partial charge in [-0.15, -0.1) is 0 Å². The molecule has 0 aromatic heterocycles. The molecule has 5 rings (SSSR count). The van der Waals surface area contributed by atoms with Crippen LogP contribution in [0.5, 0.6) is 0 Å². The fraction of sp³-hybridized carbons (Fsp3) is 0.576. The van der Waals surface area contributed by atoms with Gasteiger partial charge in [-0.2, -0.15) is 0 Å². The number of carbonyl (C=O) groups excluding carboxylic acids is 2. The van der Waals surface area contributed by atoms with Crippen LogP contribution in [0, 0.1) is 0 Å². The Morgan fingerprint density at radius 1 is 0.952 bits per heavy atom. The highest BCUT2D eigenvalue weighted by molar-refractivity contribution is 5.82. The van der Waals surface area contributed by atoms with Crippen molar-refractivity contribution >= 4 is 11.9 Å². The molecule has 3 fully saturated rings. The van der Waals surface area contributed by atoms with E-state index in [2.05, 4.69) is 15.1 Å². The minimum Gasteiger partial charge on any atom is -0.453 e. The van der Waals surface area contributed by atoms with Gasteiger partial charge in [0.15, 0.2) is 12.4 Å². The Labute approximate surface area is 249 Å². The van der Waals surface area contributed by atoms with E-state index in [1.54, 1.807) is 6.92 Å². The number of amides is 1. The smallest absolute Gasteiger partial charge is 0.303 e. The van der Waals surface area contributed by atoms with Crippen LogP contribution in [0.4, 0.5) is 0 Å². The zero-order valence-electron chi connectivity index (χ0n) is 24.9. The Morgan fingerprint density at radius 3 is 2.33 bits per heavy atom. The van der Waals surface area contributed by atoms with Crippen molar-refractivity contribution < 1.29 is 28.9 Å². The Kier molecular flexibility index (Phi) is 10.6. The molecular weight excluding hydrogens is 534 g/mol. The van der Waals surface area contributed by atoms with E-state index in [1.165, 1.54) is 45.7 Å². The number of aliphatic hydroxyl groups excluding tert-OH is 1. The van der Waals surface area contributed by atoms with Crippen molar-refractivity contribution in [2.75, 3.05) is 32.7 Å². The lowest BCUT2D eigenvalue weighted by atomic mass is 9.99. The van der Waals surface area contributed by atoms with E-state index < -0.39 is 18.4 Å². The average Bonchev–Trinajstić information content (AvgIpc) is 3.68. The van der Waals surface area contributed by atoms with Crippen LogP contribution in [0.15, 0.2) is 48.5 Å². The normalized spacial score (nSPS) is 25.8. The van der Waals surface area contributed by atoms with E-state index in [4.69, 9.17) is 14.2 Å². The molecule has 2 aromatic rings. The van der Waals surface area contributed by atoms with Gasteiger partial charge in [0, 0.05) is 44.6 Å². The molecule has 3 aliphatic heterocycles. The number of aliphatic hydroxyl groups is 1. The summed E-state index contributed by atoms with van der Waals surface area (Å²) in [4.78, 5) is 28.6. The molecule has 3 heterocycles. The fourth-order valence-electron chi connectivity index (χ4n) is 6.33. The van der Waals surface area contributed by atoms with Gasteiger partial charge < -0.3 is 29.5 Å². The molecule has 5 unspecified atom stereocenters. The van der Waals surface area contributed by atoms with E-state index in [9.17, 15) is 14.7 Å². The molecule has 0 spiro atoms. The van der Waals surface area contributed by atoms with Crippen LogP contribution < -0.4 is 5.32 Å². The van der Waals surface area contributed by atoms with Gasteiger partial charge in [-0.3, -0.25) is 14.5 Å². The molecule has 9 nitrogen and oxygen atoms in total. The number of likely N-dealkylation sites (tertiary alicyclic amines) is 2. The summed E-state index contributed by atoms with van der Waals surface area (Å²) in [5.41, 5.74) is 3.81. The molecule has 1 amide bonds. The van der Waals surface area contributed by atoms with Crippen LogP contribution in [-0.4, -0.2) is 77.8 Å². The minimum absolute atomic E-state index is 0.0169. The average molecular weight is 580 g/mol. The Bertz CT molecular complexity index is 1170. The number of esters is 1. The summed E-state index contributed by atoms with van der Waals surface area (Å²) >= 11 is 0. The van der Waals surface area contributed by atoms with E-state index >= 15 is 0 Å². The molecule has 228 valence electrons. The summed E-state index contributed by atoms with van der Waals surface area (Å²) in [6, 6.07) is 16.5. The highest BCUT2D eigenvalue weighted by Gasteiger charge is 2.36. The maximum Gasteiger partial charge on any atom is 0.303 e. The van der Waals surface area contributed by atoms with Gasteiger partial charge in [0.2, 0.25) is 0 Å². The van der Waals surface area contributed by atoms with Crippen LogP contribution in [0.3, 0.4) is 0 Å². The predicted octanol–water partition coefficient (Wildman–Crippen LogP) is 3.85. The Balaban J connectivity index is 1.25. The lowest BCUT2D eigenvalue weighted by Crippen LogP contribution is -2.45. The van der Waals surface area contributed by atoms with Gasteiger partial charge in [-0.05, 0) is 68.9 Å². The van der Waals surface area contributed by atoms with Gasteiger partial charge >= 0.3 is 5.97 Å². The Morgan fingerprint density at radius 2 is 1.64 bits per heavy atom. The summed E-state index contributed by atoms with van der Waals surface area (Å²) < 4.78 is 18.1. The highest BCUT2D eigenvalue weighted by Crippen LogP contribution is 2.39. The summed E-state index contributed by atoms with van der Waals surface area (Å²) in [5, 5.41) is 12.3.